The van der Waals surface area contributed by atoms with Gasteiger partial charge in [0.05, 0.1) is 6.61 Å². The summed E-state index contributed by atoms with van der Waals surface area (Å²) in [6, 6.07) is 0.902. The fourth-order valence-corrected chi connectivity index (χ4v) is 3.43. The molecule has 1 saturated carbocycles. The van der Waals surface area contributed by atoms with E-state index in [-0.39, 0.29) is 12.6 Å². The number of nitrogens with one attached hydrogen (secondary N) is 1. The molecule has 1 fully saturated rings. The molecule has 2 N–H and O–H groups in total. The summed E-state index contributed by atoms with van der Waals surface area (Å²) in [6.45, 7) is 11.9. The van der Waals surface area contributed by atoms with E-state index in [1.807, 2.05) is 0 Å². The van der Waals surface area contributed by atoms with Crippen LogP contribution in [0.5, 0.6) is 0 Å². The molecule has 0 aromatic heterocycles. The second-order valence-corrected chi connectivity index (χ2v) is 7.94. The lowest BCUT2D eigenvalue weighted by atomic mass is 9.76. The third kappa shape index (κ3) is 6.27. The Morgan fingerprint density at radius 1 is 1.11 bits per heavy atom. The molecule has 114 valence electrons. The van der Waals surface area contributed by atoms with E-state index in [2.05, 4.69) is 39.9 Å². The van der Waals surface area contributed by atoms with Gasteiger partial charge in [-0.05, 0) is 49.4 Å². The van der Waals surface area contributed by atoms with Crippen molar-refractivity contribution >= 4 is 0 Å². The number of hydrogen-bond donors (Lipinski definition) is 2. The Hall–Kier alpha value is -0.0800. The zero-order valence-electron chi connectivity index (χ0n) is 13.7. The fourth-order valence-electron chi connectivity index (χ4n) is 3.43. The summed E-state index contributed by atoms with van der Waals surface area (Å²) in [4.78, 5) is 0. The van der Waals surface area contributed by atoms with Crippen LogP contribution in [-0.4, -0.2) is 23.8 Å². The molecule has 1 rings (SSSR count). The average Bonchev–Trinajstić information content (AvgIpc) is 2.52. The maximum Gasteiger partial charge on any atom is 0.0584 e. The zero-order valence-corrected chi connectivity index (χ0v) is 13.7. The van der Waals surface area contributed by atoms with Crippen LogP contribution in [0.1, 0.15) is 73.1 Å². The van der Waals surface area contributed by atoms with Gasteiger partial charge in [0.15, 0.2) is 0 Å². The van der Waals surface area contributed by atoms with E-state index in [9.17, 15) is 5.11 Å². The van der Waals surface area contributed by atoms with Crippen LogP contribution < -0.4 is 5.32 Å². The van der Waals surface area contributed by atoms with Gasteiger partial charge in [0.25, 0.3) is 0 Å². The van der Waals surface area contributed by atoms with Crippen LogP contribution in [0, 0.1) is 17.3 Å². The van der Waals surface area contributed by atoms with Crippen LogP contribution in [0.2, 0.25) is 0 Å². The summed E-state index contributed by atoms with van der Waals surface area (Å²) < 4.78 is 0. The van der Waals surface area contributed by atoms with Crippen molar-refractivity contribution in [1.29, 1.82) is 0 Å². The molecule has 0 radical (unpaired) electrons. The van der Waals surface area contributed by atoms with Gasteiger partial charge in [-0.2, -0.15) is 0 Å². The van der Waals surface area contributed by atoms with E-state index in [0.717, 1.165) is 12.3 Å². The smallest absolute Gasteiger partial charge is 0.0584 e. The van der Waals surface area contributed by atoms with Gasteiger partial charge in [0.1, 0.15) is 0 Å². The van der Waals surface area contributed by atoms with E-state index in [1.165, 1.54) is 32.1 Å². The number of aliphatic hydroxyl groups excluding tert-OH is 1. The number of rotatable bonds is 5. The minimum absolute atomic E-state index is 0.275. The zero-order chi connectivity index (χ0) is 14.5. The Labute approximate surface area is 120 Å². The van der Waals surface area contributed by atoms with Crippen LogP contribution in [0.15, 0.2) is 0 Å². The summed E-state index contributed by atoms with van der Waals surface area (Å²) in [6.07, 6.45) is 7.67. The van der Waals surface area contributed by atoms with Gasteiger partial charge in [0, 0.05) is 12.1 Å². The summed E-state index contributed by atoms with van der Waals surface area (Å²) in [7, 11) is 0. The lowest BCUT2D eigenvalue weighted by Crippen LogP contribution is -2.41. The molecular formula is C17H35NO. The molecule has 1 aliphatic carbocycles. The lowest BCUT2D eigenvalue weighted by molar-refractivity contribution is 0.200. The van der Waals surface area contributed by atoms with Crippen LogP contribution in [0.25, 0.3) is 0 Å². The molecule has 0 aliphatic heterocycles. The topological polar surface area (TPSA) is 32.3 Å². The number of hydrogen-bond acceptors (Lipinski definition) is 2. The van der Waals surface area contributed by atoms with Gasteiger partial charge in [-0.15, -0.1) is 0 Å². The first-order valence-corrected chi connectivity index (χ1v) is 8.19. The maximum absolute atomic E-state index is 9.49. The van der Waals surface area contributed by atoms with Gasteiger partial charge < -0.3 is 10.4 Å². The molecule has 0 amide bonds. The van der Waals surface area contributed by atoms with E-state index >= 15 is 0 Å². The Balaban J connectivity index is 2.44. The molecule has 1 aliphatic rings. The molecule has 0 heterocycles. The molecule has 0 saturated heterocycles. The van der Waals surface area contributed by atoms with Crippen molar-refractivity contribution in [3.63, 3.8) is 0 Å². The predicted molar refractivity (Wildman–Crippen MR) is 83.3 cm³/mol. The van der Waals surface area contributed by atoms with Crippen molar-refractivity contribution in [2.45, 2.75) is 85.2 Å². The minimum Gasteiger partial charge on any atom is -0.395 e. The molecule has 0 aromatic carbocycles. The molecule has 0 aromatic rings. The monoisotopic (exact) mass is 269 g/mol. The van der Waals surface area contributed by atoms with Gasteiger partial charge >= 0.3 is 0 Å². The first-order valence-electron chi connectivity index (χ1n) is 8.19. The lowest BCUT2D eigenvalue weighted by Gasteiger charge is -2.30. The van der Waals surface area contributed by atoms with Gasteiger partial charge in [-0.1, -0.05) is 41.0 Å². The van der Waals surface area contributed by atoms with E-state index < -0.39 is 0 Å². The highest BCUT2D eigenvalue weighted by atomic mass is 16.3. The standard InChI is InChI=1S/C17H35NO/c1-13(2)11-16(12-19)18-15-8-6-7-14(9-10-15)17(3,4)5/h13-16,18-19H,6-12H2,1-5H3. The predicted octanol–water partition coefficient (Wildman–Crippen LogP) is 3.98. The third-order valence-corrected chi connectivity index (χ3v) is 4.64. The molecule has 3 unspecified atom stereocenters. The normalized spacial score (nSPS) is 27.3. The van der Waals surface area contributed by atoms with Crippen molar-refractivity contribution in [2.24, 2.45) is 17.3 Å². The highest BCUT2D eigenvalue weighted by molar-refractivity contribution is 4.83. The third-order valence-electron chi connectivity index (χ3n) is 4.64. The van der Waals surface area contributed by atoms with E-state index in [4.69, 9.17) is 0 Å². The van der Waals surface area contributed by atoms with Gasteiger partial charge in [0.2, 0.25) is 0 Å². The molecule has 0 bridgehead atoms. The Morgan fingerprint density at radius 3 is 2.32 bits per heavy atom. The average molecular weight is 269 g/mol. The highest BCUT2D eigenvalue weighted by Crippen LogP contribution is 2.36. The van der Waals surface area contributed by atoms with Crippen molar-refractivity contribution in [2.75, 3.05) is 6.61 Å². The SMILES string of the molecule is CC(C)CC(CO)NC1CCCC(C(C)(C)C)CC1. The van der Waals surface area contributed by atoms with Gasteiger partial charge in [-0.25, -0.2) is 0 Å². The fraction of sp³-hybridized carbons (Fsp3) is 1.00. The molecule has 2 nitrogen and oxygen atoms in total. The Kier molecular flexibility index (Phi) is 6.82. The second kappa shape index (κ2) is 7.64. The Morgan fingerprint density at radius 2 is 1.79 bits per heavy atom. The number of aliphatic hydroxyl groups is 1. The first kappa shape index (κ1) is 17.0. The first-order chi connectivity index (χ1) is 8.82. The summed E-state index contributed by atoms with van der Waals surface area (Å²) in [5, 5.41) is 13.2. The Bertz CT molecular complexity index is 244. The summed E-state index contributed by atoms with van der Waals surface area (Å²) in [5.74, 6) is 1.51. The van der Waals surface area contributed by atoms with Crippen molar-refractivity contribution in [3.05, 3.63) is 0 Å². The van der Waals surface area contributed by atoms with Crippen molar-refractivity contribution in [1.82, 2.24) is 5.32 Å². The molecule has 0 spiro atoms. The van der Waals surface area contributed by atoms with Crippen molar-refractivity contribution < 1.29 is 5.11 Å². The summed E-state index contributed by atoms with van der Waals surface area (Å²) in [5.41, 5.74) is 0.448. The quantitative estimate of drug-likeness (QED) is 0.740. The minimum atomic E-state index is 0.275. The van der Waals surface area contributed by atoms with Crippen LogP contribution in [0.3, 0.4) is 0 Å². The van der Waals surface area contributed by atoms with E-state index in [0.29, 0.717) is 17.4 Å². The van der Waals surface area contributed by atoms with E-state index in [1.54, 1.807) is 0 Å². The van der Waals surface area contributed by atoms with Crippen LogP contribution in [-0.2, 0) is 0 Å². The summed E-state index contributed by atoms with van der Waals surface area (Å²) >= 11 is 0. The largest absolute Gasteiger partial charge is 0.395 e. The molecule has 19 heavy (non-hydrogen) atoms. The molecular weight excluding hydrogens is 234 g/mol. The maximum atomic E-state index is 9.49. The molecule has 3 atom stereocenters. The van der Waals surface area contributed by atoms with Crippen molar-refractivity contribution in [3.8, 4) is 0 Å². The molecule has 2 heteroatoms. The van der Waals surface area contributed by atoms with Gasteiger partial charge in [-0.3, -0.25) is 0 Å². The van der Waals surface area contributed by atoms with Crippen LogP contribution >= 0.6 is 0 Å². The van der Waals surface area contributed by atoms with Crippen LogP contribution in [0.4, 0.5) is 0 Å². The highest BCUT2D eigenvalue weighted by Gasteiger charge is 2.28. The second-order valence-electron chi connectivity index (χ2n) is 7.94.